The number of benzene rings is 2. The molecule has 0 saturated heterocycles. The van der Waals surface area contributed by atoms with Crippen LogP contribution in [0.4, 0.5) is 0 Å². The fourth-order valence-corrected chi connectivity index (χ4v) is 4.68. The van der Waals surface area contributed by atoms with Crippen molar-refractivity contribution in [2.75, 3.05) is 33.9 Å². The average molecular weight is 554 g/mol. The molecule has 0 radical (unpaired) electrons. The third kappa shape index (κ3) is 8.52. The summed E-state index contributed by atoms with van der Waals surface area (Å²) in [4.78, 5) is 30.9. The first-order valence-electron chi connectivity index (χ1n) is 13.3. The van der Waals surface area contributed by atoms with Crippen molar-refractivity contribution in [1.82, 2.24) is 14.4 Å². The molecule has 0 fully saturated rings. The van der Waals surface area contributed by atoms with E-state index in [1.54, 1.807) is 37.3 Å². The molecule has 0 unspecified atom stereocenters. The first-order chi connectivity index (χ1) is 18.6. The average Bonchev–Trinajstić information content (AvgIpc) is 3.34. The van der Waals surface area contributed by atoms with Crippen LogP contribution in [0, 0.1) is 11.8 Å². The van der Waals surface area contributed by atoms with Crippen LogP contribution in [0.5, 0.6) is 11.5 Å². The summed E-state index contributed by atoms with van der Waals surface area (Å²) in [5.74, 6) is 1.15. The van der Waals surface area contributed by atoms with E-state index in [2.05, 4.69) is 18.4 Å². The number of methoxy groups -OCH3 is 2. The molecular weight excluding hydrogens is 514 g/mol. The molecule has 0 aliphatic rings. The Morgan fingerprint density at radius 2 is 1.49 bits per heavy atom. The summed E-state index contributed by atoms with van der Waals surface area (Å²) in [6.07, 6.45) is 2.00. The lowest BCUT2D eigenvalue weighted by Gasteiger charge is -2.30. The van der Waals surface area contributed by atoms with Crippen molar-refractivity contribution in [1.29, 1.82) is 0 Å². The number of ether oxygens (including phenoxy) is 2. The number of rotatable bonds is 13. The SMILES string of the molecule is COc1cc(OC)cc(C(=O)N(CC(=O)N(Cc2cccn2Cc2ccccc2Cl)CC(C)C)CC(C)C)c1. The molecule has 8 heteroatoms. The van der Waals surface area contributed by atoms with E-state index >= 15 is 0 Å². The third-order valence-electron chi connectivity index (χ3n) is 6.31. The van der Waals surface area contributed by atoms with Gasteiger partial charge in [-0.15, -0.1) is 0 Å². The predicted octanol–water partition coefficient (Wildman–Crippen LogP) is 5.99. The van der Waals surface area contributed by atoms with E-state index < -0.39 is 0 Å². The lowest BCUT2D eigenvalue weighted by atomic mass is 10.1. The Morgan fingerprint density at radius 3 is 2.08 bits per heavy atom. The van der Waals surface area contributed by atoms with Crippen molar-refractivity contribution in [2.24, 2.45) is 11.8 Å². The Hall–Kier alpha value is -3.45. The third-order valence-corrected chi connectivity index (χ3v) is 6.68. The molecule has 0 atom stereocenters. The number of nitrogens with zero attached hydrogens (tertiary/aromatic N) is 3. The number of hydrogen-bond donors (Lipinski definition) is 0. The predicted molar refractivity (Wildman–Crippen MR) is 156 cm³/mol. The lowest BCUT2D eigenvalue weighted by Crippen LogP contribution is -2.45. The molecule has 39 heavy (non-hydrogen) atoms. The molecule has 0 spiro atoms. The van der Waals surface area contributed by atoms with Gasteiger partial charge in [0, 0.05) is 48.2 Å². The Kier molecular flexibility index (Phi) is 10.9. The standard InChI is InChI=1S/C31H40ClN3O4/c1-22(2)17-34(20-26-11-9-13-33(26)19-24-10-7-8-12-29(24)32)30(36)21-35(18-23(3)4)31(37)25-14-27(38-5)16-28(15-25)39-6/h7-16,22-23H,17-21H2,1-6H3. The van der Waals surface area contributed by atoms with Gasteiger partial charge >= 0.3 is 0 Å². The van der Waals surface area contributed by atoms with Crippen molar-refractivity contribution < 1.29 is 19.1 Å². The minimum absolute atomic E-state index is 0.0194. The Morgan fingerprint density at radius 1 is 0.872 bits per heavy atom. The number of amides is 2. The number of aromatic nitrogens is 1. The van der Waals surface area contributed by atoms with Gasteiger partial charge in [0.2, 0.25) is 5.91 Å². The second kappa shape index (κ2) is 14.1. The Balaban J connectivity index is 1.83. The zero-order valence-electron chi connectivity index (χ0n) is 23.8. The molecular formula is C31H40ClN3O4. The highest BCUT2D eigenvalue weighted by molar-refractivity contribution is 6.31. The van der Waals surface area contributed by atoms with E-state index in [0.29, 0.717) is 48.3 Å². The van der Waals surface area contributed by atoms with Crippen LogP contribution >= 0.6 is 11.6 Å². The van der Waals surface area contributed by atoms with Crippen molar-refractivity contribution in [3.05, 3.63) is 82.6 Å². The van der Waals surface area contributed by atoms with E-state index in [-0.39, 0.29) is 30.2 Å². The van der Waals surface area contributed by atoms with Gasteiger partial charge in [0.25, 0.3) is 5.91 Å². The van der Waals surface area contributed by atoms with Crippen molar-refractivity contribution in [2.45, 2.75) is 40.8 Å². The van der Waals surface area contributed by atoms with Crippen LogP contribution < -0.4 is 9.47 Å². The van der Waals surface area contributed by atoms with Crippen LogP contribution in [0.3, 0.4) is 0 Å². The van der Waals surface area contributed by atoms with Gasteiger partial charge in [-0.2, -0.15) is 0 Å². The molecule has 0 aliphatic heterocycles. The van der Waals surface area contributed by atoms with Crippen molar-refractivity contribution >= 4 is 23.4 Å². The van der Waals surface area contributed by atoms with E-state index in [1.165, 1.54) is 0 Å². The van der Waals surface area contributed by atoms with Crippen LogP contribution in [0.25, 0.3) is 0 Å². The molecule has 2 amide bonds. The van der Waals surface area contributed by atoms with Gasteiger partial charge in [-0.05, 0) is 47.7 Å². The highest BCUT2D eigenvalue weighted by atomic mass is 35.5. The van der Waals surface area contributed by atoms with Gasteiger partial charge in [0.15, 0.2) is 0 Å². The summed E-state index contributed by atoms with van der Waals surface area (Å²) < 4.78 is 12.8. The van der Waals surface area contributed by atoms with Gasteiger partial charge in [-0.1, -0.05) is 57.5 Å². The topological polar surface area (TPSA) is 64.0 Å². The molecule has 0 aliphatic carbocycles. The monoisotopic (exact) mass is 553 g/mol. The fourth-order valence-electron chi connectivity index (χ4n) is 4.49. The number of halogens is 1. The van der Waals surface area contributed by atoms with Crippen molar-refractivity contribution in [3.63, 3.8) is 0 Å². The maximum atomic E-state index is 13.8. The van der Waals surface area contributed by atoms with Gasteiger partial charge in [0.05, 0.1) is 20.8 Å². The number of hydrogen-bond acceptors (Lipinski definition) is 4. The molecule has 0 N–H and O–H groups in total. The summed E-state index contributed by atoms with van der Waals surface area (Å²) in [7, 11) is 3.09. The summed E-state index contributed by atoms with van der Waals surface area (Å²) in [6, 6.07) is 16.8. The van der Waals surface area contributed by atoms with Gasteiger partial charge in [-0.3, -0.25) is 9.59 Å². The normalized spacial score (nSPS) is 11.1. The molecule has 1 aromatic heterocycles. The molecule has 1 heterocycles. The molecule has 210 valence electrons. The molecule has 3 aromatic rings. The highest BCUT2D eigenvalue weighted by Gasteiger charge is 2.25. The number of carbonyl (C=O) groups excluding carboxylic acids is 2. The van der Waals surface area contributed by atoms with E-state index in [9.17, 15) is 9.59 Å². The highest BCUT2D eigenvalue weighted by Crippen LogP contribution is 2.24. The minimum atomic E-state index is -0.235. The molecule has 0 bridgehead atoms. The molecule has 7 nitrogen and oxygen atoms in total. The Bertz CT molecular complexity index is 1230. The fraction of sp³-hybridized carbons (Fsp3) is 0.419. The first-order valence-corrected chi connectivity index (χ1v) is 13.7. The number of carbonyl (C=O) groups is 2. The van der Waals surface area contributed by atoms with Crippen LogP contribution in [0.2, 0.25) is 5.02 Å². The quantitative estimate of drug-likeness (QED) is 0.261. The smallest absolute Gasteiger partial charge is 0.254 e. The van der Waals surface area contributed by atoms with Gasteiger partial charge in [0.1, 0.15) is 18.0 Å². The largest absolute Gasteiger partial charge is 0.497 e. The Labute approximate surface area is 237 Å². The van der Waals surface area contributed by atoms with E-state index in [1.807, 2.05) is 61.3 Å². The second-order valence-corrected chi connectivity index (χ2v) is 11.0. The minimum Gasteiger partial charge on any atom is -0.497 e. The van der Waals surface area contributed by atoms with Crippen LogP contribution in [-0.4, -0.2) is 60.0 Å². The zero-order valence-corrected chi connectivity index (χ0v) is 24.6. The van der Waals surface area contributed by atoms with Gasteiger partial charge < -0.3 is 23.8 Å². The molecule has 3 rings (SSSR count). The van der Waals surface area contributed by atoms with Crippen molar-refractivity contribution in [3.8, 4) is 11.5 Å². The lowest BCUT2D eigenvalue weighted by molar-refractivity contribution is -0.133. The maximum absolute atomic E-state index is 13.8. The summed E-state index contributed by atoms with van der Waals surface area (Å²) in [5.41, 5.74) is 2.44. The first kappa shape index (κ1) is 30.1. The van der Waals surface area contributed by atoms with Crippen LogP contribution in [-0.2, 0) is 17.9 Å². The second-order valence-electron chi connectivity index (χ2n) is 10.6. The summed E-state index contributed by atoms with van der Waals surface area (Å²) in [6.45, 7) is 10.3. The molecule has 2 aromatic carbocycles. The van der Waals surface area contributed by atoms with Crippen LogP contribution in [0.15, 0.2) is 60.8 Å². The zero-order chi connectivity index (χ0) is 28.5. The molecule has 0 saturated carbocycles. The summed E-state index contributed by atoms with van der Waals surface area (Å²) in [5, 5.41) is 0.712. The summed E-state index contributed by atoms with van der Waals surface area (Å²) >= 11 is 6.40. The van der Waals surface area contributed by atoms with E-state index in [4.69, 9.17) is 21.1 Å². The van der Waals surface area contributed by atoms with Gasteiger partial charge in [-0.25, -0.2) is 0 Å². The maximum Gasteiger partial charge on any atom is 0.254 e. The van der Waals surface area contributed by atoms with Crippen LogP contribution in [0.1, 0.15) is 49.3 Å². The van der Waals surface area contributed by atoms with E-state index in [0.717, 1.165) is 11.3 Å².